The molecule has 6 heteroatoms. The first-order valence-corrected chi connectivity index (χ1v) is 11.6. The van der Waals surface area contributed by atoms with Gasteiger partial charge in [-0.25, -0.2) is 4.79 Å². The zero-order valence-corrected chi connectivity index (χ0v) is 19.0. The highest BCUT2D eigenvalue weighted by molar-refractivity contribution is 5.79. The Balaban J connectivity index is 1.23. The molecule has 1 fully saturated rings. The minimum absolute atomic E-state index is 0.0444. The van der Waals surface area contributed by atoms with Crippen LogP contribution in [0.2, 0.25) is 0 Å². The highest BCUT2D eigenvalue weighted by Crippen LogP contribution is 2.45. The van der Waals surface area contributed by atoms with Crippen LogP contribution in [-0.4, -0.2) is 55.0 Å². The van der Waals surface area contributed by atoms with Crippen LogP contribution in [0.1, 0.15) is 29.0 Å². The average Bonchev–Trinajstić information content (AvgIpc) is 3.20. The van der Waals surface area contributed by atoms with Crippen molar-refractivity contribution in [1.29, 1.82) is 0 Å². The lowest BCUT2D eigenvalue weighted by atomic mass is 9.90. The van der Waals surface area contributed by atoms with E-state index in [0.29, 0.717) is 26.2 Å². The third-order valence-corrected chi connectivity index (χ3v) is 7.09. The highest BCUT2D eigenvalue weighted by Gasteiger charge is 2.40. The molecule has 3 heterocycles. The Bertz CT molecular complexity index is 1230. The summed E-state index contributed by atoms with van der Waals surface area (Å²) in [4.78, 5) is 19.5. The number of fused-ring (bicyclic) bond motifs is 5. The van der Waals surface area contributed by atoms with Crippen LogP contribution in [0.3, 0.4) is 0 Å². The van der Waals surface area contributed by atoms with E-state index in [0.717, 1.165) is 16.9 Å². The van der Waals surface area contributed by atoms with Gasteiger partial charge in [0.1, 0.15) is 12.4 Å². The summed E-state index contributed by atoms with van der Waals surface area (Å²) in [7, 11) is 1.66. The number of methoxy groups -OCH3 is 1. The van der Waals surface area contributed by atoms with Crippen LogP contribution in [0.5, 0.6) is 5.75 Å². The summed E-state index contributed by atoms with van der Waals surface area (Å²) in [6.07, 6.45) is 6.02. The van der Waals surface area contributed by atoms with Crippen molar-refractivity contribution in [2.45, 2.75) is 24.4 Å². The summed E-state index contributed by atoms with van der Waals surface area (Å²) in [6.45, 7) is 1.25. The largest absolute Gasteiger partial charge is 0.496 e. The molecule has 172 valence electrons. The molecular weight excluding hydrogens is 428 g/mol. The smallest absolute Gasteiger partial charge is 0.410 e. The fourth-order valence-corrected chi connectivity index (χ4v) is 5.55. The Morgan fingerprint density at radius 3 is 2.47 bits per heavy atom. The van der Waals surface area contributed by atoms with Gasteiger partial charge in [-0.05, 0) is 40.3 Å². The molecule has 6 rings (SSSR count). The summed E-state index contributed by atoms with van der Waals surface area (Å²) in [5.41, 5.74) is 6.97. The highest BCUT2D eigenvalue weighted by atomic mass is 16.6. The van der Waals surface area contributed by atoms with E-state index in [1.807, 2.05) is 29.3 Å². The van der Waals surface area contributed by atoms with E-state index in [9.17, 15) is 4.79 Å². The third kappa shape index (κ3) is 3.46. The van der Waals surface area contributed by atoms with Crippen LogP contribution in [-0.2, 0) is 9.47 Å². The molecule has 6 nitrogen and oxygen atoms in total. The maximum Gasteiger partial charge on any atom is 0.410 e. The SMILES string of the molecule is COc1ccncc1C1=CC2COCC(C1)N2C(=O)OCC1c2ccccc2-c2ccccc21. The van der Waals surface area contributed by atoms with Gasteiger partial charge in [0, 0.05) is 23.9 Å². The lowest BCUT2D eigenvalue weighted by molar-refractivity contribution is -0.0331. The first-order valence-electron chi connectivity index (χ1n) is 11.6. The Kier molecular flexibility index (Phi) is 5.30. The van der Waals surface area contributed by atoms with E-state index in [1.165, 1.54) is 22.3 Å². The average molecular weight is 455 g/mol. The maximum absolute atomic E-state index is 13.3. The lowest BCUT2D eigenvalue weighted by Gasteiger charge is -2.44. The fourth-order valence-electron chi connectivity index (χ4n) is 5.55. The van der Waals surface area contributed by atoms with Gasteiger partial charge in [0.05, 0.1) is 32.4 Å². The van der Waals surface area contributed by atoms with E-state index < -0.39 is 0 Å². The normalized spacial score (nSPS) is 20.9. The number of pyridine rings is 1. The van der Waals surface area contributed by atoms with Gasteiger partial charge in [0.25, 0.3) is 0 Å². The monoisotopic (exact) mass is 454 g/mol. The quantitative estimate of drug-likeness (QED) is 0.561. The van der Waals surface area contributed by atoms with E-state index in [-0.39, 0.29) is 24.1 Å². The number of morpholine rings is 1. The molecule has 0 radical (unpaired) electrons. The van der Waals surface area contributed by atoms with Gasteiger partial charge < -0.3 is 14.2 Å². The molecule has 3 aliphatic rings. The number of rotatable bonds is 4. The van der Waals surface area contributed by atoms with Crippen molar-refractivity contribution in [1.82, 2.24) is 9.88 Å². The van der Waals surface area contributed by atoms with Crippen molar-refractivity contribution in [2.75, 3.05) is 26.9 Å². The van der Waals surface area contributed by atoms with Gasteiger partial charge in [-0.1, -0.05) is 54.6 Å². The first-order chi connectivity index (χ1) is 16.7. The number of amides is 1. The molecular formula is C28H26N2O4. The number of ether oxygens (including phenoxy) is 3. The molecule has 2 unspecified atom stereocenters. The van der Waals surface area contributed by atoms with E-state index >= 15 is 0 Å². The van der Waals surface area contributed by atoms with Crippen LogP contribution >= 0.6 is 0 Å². The minimum Gasteiger partial charge on any atom is -0.496 e. The number of hydrogen-bond acceptors (Lipinski definition) is 5. The predicted octanol–water partition coefficient (Wildman–Crippen LogP) is 4.90. The van der Waals surface area contributed by atoms with Crippen molar-refractivity contribution in [3.63, 3.8) is 0 Å². The molecule has 2 aliphatic heterocycles. The van der Waals surface area contributed by atoms with Crippen LogP contribution in [0.4, 0.5) is 4.79 Å². The molecule has 0 N–H and O–H groups in total. The van der Waals surface area contributed by atoms with Crippen molar-refractivity contribution in [3.05, 3.63) is 89.8 Å². The van der Waals surface area contributed by atoms with Crippen LogP contribution in [0.25, 0.3) is 16.7 Å². The van der Waals surface area contributed by atoms with Gasteiger partial charge >= 0.3 is 6.09 Å². The summed E-state index contributed by atoms with van der Waals surface area (Å²) < 4.78 is 17.3. The fraction of sp³-hybridized carbons (Fsp3) is 0.286. The summed E-state index contributed by atoms with van der Waals surface area (Å²) in [5.74, 6) is 0.831. The zero-order chi connectivity index (χ0) is 23.1. The van der Waals surface area contributed by atoms with Crippen LogP contribution in [0, 0.1) is 0 Å². The van der Waals surface area contributed by atoms with Crippen molar-refractivity contribution < 1.29 is 19.0 Å². The molecule has 1 aliphatic carbocycles. The topological polar surface area (TPSA) is 60.9 Å². The van der Waals surface area contributed by atoms with Gasteiger partial charge in [0.2, 0.25) is 0 Å². The molecule has 0 spiro atoms. The van der Waals surface area contributed by atoms with E-state index in [4.69, 9.17) is 14.2 Å². The molecule has 2 bridgehead atoms. The van der Waals surface area contributed by atoms with Crippen molar-refractivity contribution >= 4 is 11.7 Å². The Hall–Kier alpha value is -3.64. The minimum atomic E-state index is -0.284. The lowest BCUT2D eigenvalue weighted by Crippen LogP contribution is -2.56. The van der Waals surface area contributed by atoms with Crippen LogP contribution in [0.15, 0.2) is 73.1 Å². The second-order valence-electron chi connectivity index (χ2n) is 8.94. The second-order valence-corrected chi connectivity index (χ2v) is 8.94. The Labute approximate surface area is 198 Å². The number of hydrogen-bond donors (Lipinski definition) is 0. The number of carbonyl (C=O) groups is 1. The number of carbonyl (C=O) groups excluding carboxylic acids is 1. The van der Waals surface area contributed by atoms with E-state index in [2.05, 4.69) is 47.5 Å². The summed E-state index contributed by atoms with van der Waals surface area (Å²) in [5, 5.41) is 0. The second kappa shape index (κ2) is 8.61. The molecule has 0 saturated carbocycles. The number of nitrogens with zero attached hydrogens (tertiary/aromatic N) is 2. The first kappa shape index (κ1) is 20.9. The van der Waals surface area contributed by atoms with Crippen molar-refractivity contribution in [3.8, 4) is 16.9 Å². The summed E-state index contributed by atoms with van der Waals surface area (Å²) in [6, 6.07) is 18.3. The molecule has 2 aromatic carbocycles. The van der Waals surface area contributed by atoms with E-state index in [1.54, 1.807) is 13.3 Å². The summed E-state index contributed by atoms with van der Waals surface area (Å²) >= 11 is 0. The molecule has 34 heavy (non-hydrogen) atoms. The van der Waals surface area contributed by atoms with Gasteiger partial charge in [-0.3, -0.25) is 9.88 Å². The molecule has 1 saturated heterocycles. The van der Waals surface area contributed by atoms with Gasteiger partial charge in [-0.2, -0.15) is 0 Å². The molecule has 1 amide bonds. The number of benzene rings is 2. The molecule has 1 aromatic heterocycles. The zero-order valence-electron chi connectivity index (χ0n) is 19.0. The van der Waals surface area contributed by atoms with Gasteiger partial charge in [0.15, 0.2) is 0 Å². The maximum atomic E-state index is 13.3. The molecule has 2 atom stereocenters. The third-order valence-electron chi connectivity index (χ3n) is 7.09. The van der Waals surface area contributed by atoms with Crippen molar-refractivity contribution in [2.24, 2.45) is 0 Å². The van der Waals surface area contributed by atoms with Crippen LogP contribution < -0.4 is 4.74 Å². The molecule has 3 aromatic rings. The Morgan fingerprint density at radius 1 is 1.03 bits per heavy atom. The number of aromatic nitrogens is 1. The predicted molar refractivity (Wildman–Crippen MR) is 129 cm³/mol. The van der Waals surface area contributed by atoms with Gasteiger partial charge in [-0.15, -0.1) is 0 Å². The standard InChI is InChI=1S/C28H26N2O4/c1-32-27-10-11-29-14-25(27)18-12-19-15-33-16-20(13-18)30(19)28(31)34-17-26-23-8-4-2-6-21(23)22-7-3-5-9-24(22)26/h2-12,14,19-20,26H,13,15-17H2,1H3. The Morgan fingerprint density at radius 2 is 1.76 bits per heavy atom.